The van der Waals surface area contributed by atoms with Gasteiger partial charge in [0.25, 0.3) is 5.91 Å². The van der Waals surface area contributed by atoms with Gasteiger partial charge in [0, 0.05) is 39.3 Å². The van der Waals surface area contributed by atoms with Gasteiger partial charge >= 0.3 is 5.88 Å². The second-order valence-electron chi connectivity index (χ2n) is 7.24. The van der Waals surface area contributed by atoms with Crippen molar-refractivity contribution in [2.75, 3.05) is 51.3 Å². The summed E-state index contributed by atoms with van der Waals surface area (Å²) in [4.78, 5) is 31.4. The van der Waals surface area contributed by atoms with Crippen LogP contribution < -0.4 is 15.0 Å². The van der Waals surface area contributed by atoms with Gasteiger partial charge in [-0.25, -0.2) is 4.98 Å². The van der Waals surface area contributed by atoms with Crippen molar-refractivity contribution < 1.29 is 18.9 Å². The molecule has 1 amide bonds. The van der Waals surface area contributed by atoms with Crippen molar-refractivity contribution in [3.8, 4) is 5.75 Å². The van der Waals surface area contributed by atoms with Crippen LogP contribution >= 0.6 is 11.3 Å². The molecule has 10 nitrogen and oxygen atoms in total. The van der Waals surface area contributed by atoms with Gasteiger partial charge < -0.3 is 19.4 Å². The molecule has 2 aromatic heterocycles. The number of anilines is 1. The van der Waals surface area contributed by atoms with E-state index in [1.165, 1.54) is 17.7 Å². The third-order valence-corrected chi connectivity index (χ3v) is 6.52. The summed E-state index contributed by atoms with van der Waals surface area (Å²) in [7, 11) is 1.66. The van der Waals surface area contributed by atoms with E-state index < -0.39 is 16.7 Å². The maximum absolute atomic E-state index is 12.1. The summed E-state index contributed by atoms with van der Waals surface area (Å²) >= 11 is 1.69. The molecular formula is C20H23N5O5S. The van der Waals surface area contributed by atoms with Crippen molar-refractivity contribution in [2.24, 2.45) is 0 Å². The maximum Gasteiger partial charge on any atom is 0.433 e. The van der Waals surface area contributed by atoms with Gasteiger partial charge in [-0.1, -0.05) is 17.4 Å². The highest BCUT2D eigenvalue weighted by Gasteiger charge is 2.22. The average molecular weight is 446 g/mol. The Balaban J connectivity index is 1.28. The number of nitrogens with one attached hydrogen (secondary N) is 1. The molecule has 4 rings (SSSR count). The molecule has 11 heteroatoms. The summed E-state index contributed by atoms with van der Waals surface area (Å²) in [5, 5.41) is 14.4. The molecule has 0 radical (unpaired) electrons. The van der Waals surface area contributed by atoms with Gasteiger partial charge in [-0.2, -0.15) is 0 Å². The largest absolute Gasteiger partial charge is 0.494 e. The van der Waals surface area contributed by atoms with Gasteiger partial charge in [0.2, 0.25) is 0 Å². The first kappa shape index (κ1) is 21.1. The van der Waals surface area contributed by atoms with Crippen LogP contribution in [0.15, 0.2) is 28.7 Å². The minimum Gasteiger partial charge on any atom is -0.494 e. The summed E-state index contributed by atoms with van der Waals surface area (Å²) < 4.78 is 11.5. The molecule has 0 unspecified atom stereocenters. The van der Waals surface area contributed by atoms with E-state index in [0.717, 1.165) is 47.3 Å². The fraction of sp³-hybridized carbons (Fsp3) is 0.400. The Morgan fingerprint density at radius 1 is 1.29 bits per heavy atom. The van der Waals surface area contributed by atoms with Crippen molar-refractivity contribution in [2.45, 2.75) is 6.92 Å². The van der Waals surface area contributed by atoms with E-state index in [1.54, 1.807) is 18.4 Å². The first-order valence-electron chi connectivity index (χ1n) is 9.90. The predicted octanol–water partition coefficient (Wildman–Crippen LogP) is 2.67. The summed E-state index contributed by atoms with van der Waals surface area (Å²) in [6, 6.07) is 6.48. The number of aromatic nitrogens is 1. The van der Waals surface area contributed by atoms with Crippen molar-refractivity contribution in [1.82, 2.24) is 15.2 Å². The Labute approximate surface area is 182 Å². The molecule has 0 spiro atoms. The van der Waals surface area contributed by atoms with Gasteiger partial charge in [0.15, 0.2) is 10.9 Å². The molecule has 1 aliphatic heterocycles. The lowest BCUT2D eigenvalue weighted by atomic mass is 10.2. The fourth-order valence-electron chi connectivity index (χ4n) is 3.52. The third kappa shape index (κ3) is 4.47. The number of amides is 1. The monoisotopic (exact) mass is 445 g/mol. The summed E-state index contributed by atoms with van der Waals surface area (Å²) in [6.45, 7) is 6.61. The standard InChI is InChI=1S/C20H23N5O5S/c1-13-3-4-14(29-2)17-18(13)31-20(22-17)24-11-9-23(10-12-24)8-7-21-19(26)15-5-6-16(30-15)25(27)28/h3-6H,7-12H2,1-2H3,(H,21,26). The van der Waals surface area contributed by atoms with Crippen LogP contribution in [0.3, 0.4) is 0 Å². The molecule has 3 heterocycles. The number of thiazole rings is 1. The normalized spacial score (nSPS) is 14.7. The van der Waals surface area contributed by atoms with Crippen LogP contribution in [0.1, 0.15) is 16.1 Å². The molecule has 1 fully saturated rings. The number of methoxy groups -OCH3 is 1. The van der Waals surface area contributed by atoms with Crippen LogP contribution in [0.25, 0.3) is 10.2 Å². The number of aryl methyl sites for hydroxylation is 1. The first-order valence-corrected chi connectivity index (χ1v) is 10.7. The number of nitro groups is 1. The highest BCUT2D eigenvalue weighted by atomic mass is 32.1. The second kappa shape index (κ2) is 8.90. The molecule has 0 bridgehead atoms. The summed E-state index contributed by atoms with van der Waals surface area (Å²) in [5.74, 6) is -0.160. The van der Waals surface area contributed by atoms with Crippen LogP contribution in [0.4, 0.5) is 11.0 Å². The predicted molar refractivity (Wildman–Crippen MR) is 117 cm³/mol. The minimum absolute atomic E-state index is 0.0573. The second-order valence-corrected chi connectivity index (χ2v) is 8.22. The van der Waals surface area contributed by atoms with Gasteiger partial charge in [-0.15, -0.1) is 0 Å². The van der Waals surface area contributed by atoms with E-state index in [1.807, 2.05) is 6.07 Å². The van der Waals surface area contributed by atoms with E-state index in [0.29, 0.717) is 13.1 Å². The number of ether oxygens (including phenoxy) is 1. The van der Waals surface area contributed by atoms with E-state index in [-0.39, 0.29) is 5.76 Å². The molecule has 1 saturated heterocycles. The number of furan rings is 1. The van der Waals surface area contributed by atoms with Gasteiger partial charge in [0.05, 0.1) is 17.9 Å². The number of benzene rings is 1. The number of hydrogen-bond donors (Lipinski definition) is 1. The summed E-state index contributed by atoms with van der Waals surface area (Å²) in [6.07, 6.45) is 0. The highest BCUT2D eigenvalue weighted by molar-refractivity contribution is 7.22. The van der Waals surface area contributed by atoms with Crippen LogP contribution in [0, 0.1) is 17.0 Å². The van der Waals surface area contributed by atoms with Crippen LogP contribution in [0.5, 0.6) is 5.75 Å². The zero-order chi connectivity index (χ0) is 22.0. The number of nitrogens with zero attached hydrogens (tertiary/aromatic N) is 4. The van der Waals surface area contributed by atoms with Crippen molar-refractivity contribution >= 4 is 38.5 Å². The van der Waals surface area contributed by atoms with E-state index in [4.69, 9.17) is 14.1 Å². The molecule has 0 saturated carbocycles. The molecule has 164 valence electrons. The van der Waals surface area contributed by atoms with Crippen LogP contribution in [-0.4, -0.2) is 67.1 Å². The average Bonchev–Trinajstić information content (AvgIpc) is 3.43. The number of rotatable bonds is 7. The Kier molecular flexibility index (Phi) is 6.05. The molecule has 1 aromatic carbocycles. The topological polar surface area (TPSA) is 114 Å². The first-order chi connectivity index (χ1) is 15.0. The number of piperazine rings is 1. The Morgan fingerprint density at radius 2 is 2.06 bits per heavy atom. The fourth-order valence-corrected chi connectivity index (χ4v) is 4.63. The Morgan fingerprint density at radius 3 is 2.74 bits per heavy atom. The van der Waals surface area contributed by atoms with Crippen LogP contribution in [-0.2, 0) is 0 Å². The molecule has 0 atom stereocenters. The Bertz CT molecular complexity index is 1100. The third-order valence-electron chi connectivity index (χ3n) is 5.26. The highest BCUT2D eigenvalue weighted by Crippen LogP contribution is 2.36. The molecular weight excluding hydrogens is 422 g/mol. The molecule has 31 heavy (non-hydrogen) atoms. The van der Waals surface area contributed by atoms with E-state index >= 15 is 0 Å². The van der Waals surface area contributed by atoms with Crippen molar-refractivity contribution in [1.29, 1.82) is 0 Å². The van der Waals surface area contributed by atoms with Crippen LogP contribution in [0.2, 0.25) is 0 Å². The zero-order valence-corrected chi connectivity index (χ0v) is 18.1. The lowest BCUT2D eigenvalue weighted by Crippen LogP contribution is -2.48. The number of carbonyl (C=O) groups is 1. The molecule has 3 aromatic rings. The Hall–Kier alpha value is -3.18. The smallest absolute Gasteiger partial charge is 0.433 e. The lowest BCUT2D eigenvalue weighted by molar-refractivity contribution is -0.402. The number of fused-ring (bicyclic) bond motifs is 1. The van der Waals surface area contributed by atoms with Gasteiger partial charge in [-0.3, -0.25) is 19.8 Å². The van der Waals surface area contributed by atoms with Gasteiger partial charge in [-0.05, 0) is 24.6 Å². The van der Waals surface area contributed by atoms with E-state index in [9.17, 15) is 14.9 Å². The number of carbonyl (C=O) groups excluding carboxylic acids is 1. The van der Waals surface area contributed by atoms with Crippen molar-refractivity contribution in [3.63, 3.8) is 0 Å². The van der Waals surface area contributed by atoms with E-state index in [2.05, 4.69) is 28.1 Å². The maximum atomic E-state index is 12.1. The SMILES string of the molecule is COc1ccc(C)c2sc(N3CCN(CCNC(=O)c4ccc([N+](=O)[O-])o4)CC3)nc12. The summed E-state index contributed by atoms with van der Waals surface area (Å²) in [5.41, 5.74) is 2.10. The molecule has 0 aliphatic carbocycles. The minimum atomic E-state index is -0.668. The number of hydrogen-bond acceptors (Lipinski definition) is 9. The van der Waals surface area contributed by atoms with Crippen molar-refractivity contribution in [3.05, 3.63) is 45.7 Å². The van der Waals surface area contributed by atoms with Gasteiger partial charge in [0.1, 0.15) is 16.2 Å². The lowest BCUT2D eigenvalue weighted by Gasteiger charge is -2.34. The quantitative estimate of drug-likeness (QED) is 0.436. The zero-order valence-electron chi connectivity index (χ0n) is 17.3. The molecule has 1 aliphatic rings. The molecule has 1 N–H and O–H groups in total.